The highest BCUT2D eigenvalue weighted by molar-refractivity contribution is 7.16. The molecule has 0 unspecified atom stereocenters. The van der Waals surface area contributed by atoms with Crippen LogP contribution in [0.5, 0.6) is 0 Å². The molecular weight excluding hydrogens is 240 g/mol. The van der Waals surface area contributed by atoms with Crippen molar-refractivity contribution >= 4 is 27.8 Å². The van der Waals surface area contributed by atoms with Crippen LogP contribution in [-0.4, -0.2) is 9.97 Å². The van der Waals surface area contributed by atoms with Gasteiger partial charge in [-0.05, 0) is 6.42 Å². The first-order valence-corrected chi connectivity index (χ1v) is 6.47. The standard InChI is InChI=1S/C10H10N4S2/c1-3-8-13-6(4-12-2)9(16-8)7-5-15-10(11)14-7/h5H,3-4H2,1H3,(H2,11,14). The first-order chi connectivity index (χ1) is 7.74. The van der Waals surface area contributed by atoms with Crippen LogP contribution < -0.4 is 5.73 Å². The number of aromatic nitrogens is 2. The van der Waals surface area contributed by atoms with Crippen LogP contribution in [0.3, 0.4) is 0 Å². The number of nitrogens with zero attached hydrogens (tertiary/aromatic N) is 3. The van der Waals surface area contributed by atoms with Crippen molar-refractivity contribution in [3.05, 3.63) is 27.5 Å². The number of rotatable bonds is 3. The smallest absolute Gasteiger partial charge is 0.257 e. The summed E-state index contributed by atoms with van der Waals surface area (Å²) in [6.07, 6.45) is 0.884. The van der Waals surface area contributed by atoms with Crippen molar-refractivity contribution in [3.8, 4) is 10.6 Å². The predicted octanol–water partition coefficient (Wildman–Crippen LogP) is 2.83. The van der Waals surface area contributed by atoms with Gasteiger partial charge in [0.2, 0.25) is 0 Å². The first kappa shape index (κ1) is 11.0. The Bertz CT molecular complexity index is 535. The van der Waals surface area contributed by atoms with Crippen molar-refractivity contribution in [2.75, 3.05) is 5.73 Å². The number of hydrogen-bond donors (Lipinski definition) is 1. The predicted molar refractivity (Wildman–Crippen MR) is 67.3 cm³/mol. The van der Waals surface area contributed by atoms with Gasteiger partial charge >= 0.3 is 0 Å². The fourth-order valence-corrected chi connectivity index (χ4v) is 2.93. The molecule has 16 heavy (non-hydrogen) atoms. The molecule has 0 saturated heterocycles. The second-order valence-electron chi connectivity index (χ2n) is 3.12. The van der Waals surface area contributed by atoms with E-state index in [-0.39, 0.29) is 0 Å². The normalized spacial score (nSPS) is 10.2. The van der Waals surface area contributed by atoms with E-state index in [9.17, 15) is 0 Å². The lowest BCUT2D eigenvalue weighted by Crippen LogP contribution is -1.86. The van der Waals surface area contributed by atoms with Gasteiger partial charge in [0.1, 0.15) is 5.69 Å². The molecule has 2 heterocycles. The Hall–Kier alpha value is -1.45. The molecule has 0 aromatic carbocycles. The van der Waals surface area contributed by atoms with Crippen LogP contribution in [0.15, 0.2) is 5.38 Å². The summed E-state index contributed by atoms with van der Waals surface area (Å²) < 4.78 is 0. The summed E-state index contributed by atoms with van der Waals surface area (Å²) in [5.74, 6) is 0. The van der Waals surface area contributed by atoms with Crippen molar-refractivity contribution in [2.45, 2.75) is 19.9 Å². The molecule has 2 rings (SSSR count). The highest BCUT2D eigenvalue weighted by Crippen LogP contribution is 2.32. The van der Waals surface area contributed by atoms with Crippen LogP contribution in [0.1, 0.15) is 17.6 Å². The summed E-state index contributed by atoms with van der Waals surface area (Å²) in [6.45, 7) is 9.28. The zero-order valence-electron chi connectivity index (χ0n) is 8.73. The van der Waals surface area contributed by atoms with Crippen LogP contribution >= 0.6 is 22.7 Å². The Kier molecular flexibility index (Phi) is 3.17. The third-order valence-corrected chi connectivity index (χ3v) is 3.97. The maximum Gasteiger partial charge on any atom is 0.257 e. The van der Waals surface area contributed by atoms with E-state index in [1.807, 2.05) is 5.38 Å². The molecule has 0 amide bonds. The van der Waals surface area contributed by atoms with E-state index < -0.39 is 0 Å². The lowest BCUT2D eigenvalue weighted by molar-refractivity contribution is 1.04. The van der Waals surface area contributed by atoms with Crippen molar-refractivity contribution in [1.29, 1.82) is 0 Å². The minimum absolute atomic E-state index is 0.309. The van der Waals surface area contributed by atoms with Gasteiger partial charge in [-0.2, -0.15) is 0 Å². The van der Waals surface area contributed by atoms with Gasteiger partial charge in [-0.1, -0.05) is 6.92 Å². The molecule has 0 aliphatic rings. The number of nitrogen functional groups attached to an aromatic ring is 1. The average molecular weight is 250 g/mol. The fraction of sp³-hybridized carbons (Fsp3) is 0.300. The number of nitrogens with two attached hydrogens (primary N) is 1. The van der Waals surface area contributed by atoms with Gasteiger partial charge in [0.25, 0.3) is 6.54 Å². The topological polar surface area (TPSA) is 56.2 Å². The molecular formula is C10H10N4S2. The average Bonchev–Trinajstić information content (AvgIpc) is 2.85. The zero-order valence-corrected chi connectivity index (χ0v) is 10.4. The number of thiazole rings is 2. The lowest BCUT2D eigenvalue weighted by Gasteiger charge is -1.90. The Labute approximate surface area is 102 Å². The molecule has 2 aromatic heterocycles. The van der Waals surface area contributed by atoms with Crippen molar-refractivity contribution < 1.29 is 0 Å². The molecule has 2 N–H and O–H groups in total. The summed E-state index contributed by atoms with van der Waals surface area (Å²) in [6, 6.07) is 0. The molecule has 0 aliphatic heterocycles. The second kappa shape index (κ2) is 4.60. The van der Waals surface area contributed by atoms with Crippen LogP contribution in [0.25, 0.3) is 15.4 Å². The van der Waals surface area contributed by atoms with E-state index in [0.29, 0.717) is 11.7 Å². The quantitative estimate of drug-likeness (QED) is 0.852. The van der Waals surface area contributed by atoms with E-state index in [2.05, 4.69) is 21.7 Å². The number of aryl methyl sites for hydroxylation is 1. The highest BCUT2D eigenvalue weighted by atomic mass is 32.1. The fourth-order valence-electron chi connectivity index (χ4n) is 1.33. The number of anilines is 1. The molecule has 82 valence electrons. The second-order valence-corrected chi connectivity index (χ2v) is 5.10. The molecule has 2 aromatic rings. The van der Waals surface area contributed by atoms with E-state index in [1.165, 1.54) is 11.3 Å². The molecule has 0 saturated carbocycles. The summed E-state index contributed by atoms with van der Waals surface area (Å²) in [7, 11) is 0. The Morgan fingerprint density at radius 1 is 1.50 bits per heavy atom. The van der Waals surface area contributed by atoms with Crippen LogP contribution in [0.4, 0.5) is 5.13 Å². The van der Waals surface area contributed by atoms with Crippen LogP contribution in [0, 0.1) is 6.57 Å². The Morgan fingerprint density at radius 2 is 2.31 bits per heavy atom. The molecule has 0 aliphatic carbocycles. The van der Waals surface area contributed by atoms with E-state index >= 15 is 0 Å². The lowest BCUT2D eigenvalue weighted by atomic mass is 10.3. The van der Waals surface area contributed by atoms with Crippen molar-refractivity contribution in [3.63, 3.8) is 0 Å². The highest BCUT2D eigenvalue weighted by Gasteiger charge is 2.16. The largest absolute Gasteiger partial charge is 0.375 e. The summed E-state index contributed by atoms with van der Waals surface area (Å²) in [4.78, 5) is 13.0. The summed E-state index contributed by atoms with van der Waals surface area (Å²) >= 11 is 3.01. The molecule has 0 atom stereocenters. The monoisotopic (exact) mass is 250 g/mol. The Morgan fingerprint density at radius 3 is 2.88 bits per heavy atom. The molecule has 0 fully saturated rings. The van der Waals surface area contributed by atoms with E-state index in [1.54, 1.807) is 11.3 Å². The van der Waals surface area contributed by atoms with Gasteiger partial charge in [-0.3, -0.25) is 0 Å². The Balaban J connectivity index is 2.46. The van der Waals surface area contributed by atoms with Crippen molar-refractivity contribution in [1.82, 2.24) is 9.97 Å². The maximum absolute atomic E-state index is 6.92. The number of hydrogen-bond acceptors (Lipinski definition) is 5. The molecule has 0 bridgehead atoms. The van der Waals surface area contributed by atoms with Crippen molar-refractivity contribution in [2.24, 2.45) is 0 Å². The maximum atomic E-state index is 6.92. The SMILES string of the molecule is [C-]#[N+]Cc1nc(CC)sc1-c1csc(N)n1. The van der Waals surface area contributed by atoms with Crippen LogP contribution in [-0.2, 0) is 13.0 Å². The minimum atomic E-state index is 0.309. The third kappa shape index (κ3) is 2.05. The van der Waals surface area contributed by atoms with E-state index in [4.69, 9.17) is 12.3 Å². The minimum Gasteiger partial charge on any atom is -0.375 e. The first-order valence-electron chi connectivity index (χ1n) is 4.77. The third-order valence-electron chi connectivity index (χ3n) is 2.03. The van der Waals surface area contributed by atoms with Gasteiger partial charge in [-0.15, -0.1) is 22.7 Å². The van der Waals surface area contributed by atoms with Gasteiger partial charge in [0.05, 0.1) is 15.6 Å². The molecule has 4 nitrogen and oxygen atoms in total. The van der Waals surface area contributed by atoms with Gasteiger partial charge < -0.3 is 10.6 Å². The molecule has 0 radical (unpaired) electrons. The van der Waals surface area contributed by atoms with Crippen LogP contribution in [0.2, 0.25) is 0 Å². The summed E-state index contributed by atoms with van der Waals surface area (Å²) in [5.41, 5.74) is 7.28. The van der Waals surface area contributed by atoms with Gasteiger partial charge in [0.15, 0.2) is 5.13 Å². The van der Waals surface area contributed by atoms with Gasteiger partial charge in [-0.25, -0.2) is 16.5 Å². The zero-order chi connectivity index (χ0) is 11.5. The molecule has 6 heteroatoms. The summed E-state index contributed by atoms with van der Waals surface area (Å²) in [5, 5.41) is 3.51. The van der Waals surface area contributed by atoms with Gasteiger partial charge in [0, 0.05) is 5.38 Å². The van der Waals surface area contributed by atoms with E-state index in [0.717, 1.165) is 27.7 Å². The molecule has 0 spiro atoms.